The number of nitrogens with two attached hydrogens (primary N) is 1. The van der Waals surface area contributed by atoms with Crippen LogP contribution in [0.1, 0.15) is 29.5 Å². The van der Waals surface area contributed by atoms with Crippen LogP contribution in [0.15, 0.2) is 47.4 Å². The maximum atomic E-state index is 12.5. The normalized spacial score (nSPS) is 16.1. The molecule has 1 aliphatic heterocycles. The smallest absolute Gasteiger partial charge is 0.238 e. The van der Waals surface area contributed by atoms with Crippen LogP contribution in [-0.2, 0) is 21.4 Å². The number of nitrogens with zero attached hydrogens (tertiary/aromatic N) is 1. The number of likely N-dealkylation sites (tertiary alicyclic amines) is 1. The molecule has 2 aromatic rings. The Kier molecular flexibility index (Phi) is 6.17. The summed E-state index contributed by atoms with van der Waals surface area (Å²) in [5.74, 6) is -0.0532. The second kappa shape index (κ2) is 8.43. The molecule has 1 saturated heterocycles. The summed E-state index contributed by atoms with van der Waals surface area (Å²) >= 11 is 0. The second-order valence-electron chi connectivity index (χ2n) is 7.54. The highest BCUT2D eigenvalue weighted by Gasteiger charge is 2.25. The summed E-state index contributed by atoms with van der Waals surface area (Å²) in [6.07, 6.45) is 1.62. The summed E-state index contributed by atoms with van der Waals surface area (Å²) < 4.78 is 22.6. The standard InChI is InChI=1S/C21H27N3O3S/c1-15-3-4-16(2)18(13-15)14-24-11-9-17(10-12-24)21(25)23-19-5-7-20(8-6-19)28(22,26)27/h3-8,13,17H,9-12,14H2,1-2H3,(H,23,25)(H2,22,26,27). The van der Waals surface area contributed by atoms with Crippen molar-refractivity contribution in [2.45, 2.75) is 38.1 Å². The van der Waals surface area contributed by atoms with Gasteiger partial charge in [0, 0.05) is 18.2 Å². The van der Waals surface area contributed by atoms with Gasteiger partial charge in [-0.2, -0.15) is 0 Å². The zero-order valence-electron chi connectivity index (χ0n) is 16.3. The number of amides is 1. The maximum absolute atomic E-state index is 12.5. The maximum Gasteiger partial charge on any atom is 0.238 e. The van der Waals surface area contributed by atoms with Crippen molar-refractivity contribution in [3.8, 4) is 0 Å². The fraction of sp³-hybridized carbons (Fsp3) is 0.381. The average molecular weight is 402 g/mol. The van der Waals surface area contributed by atoms with Crippen LogP contribution in [0, 0.1) is 19.8 Å². The molecular formula is C21H27N3O3S. The Balaban J connectivity index is 1.53. The Morgan fingerprint density at radius 2 is 1.75 bits per heavy atom. The third kappa shape index (κ3) is 5.19. The molecule has 28 heavy (non-hydrogen) atoms. The molecule has 1 aliphatic rings. The predicted molar refractivity (Wildman–Crippen MR) is 110 cm³/mol. The quantitative estimate of drug-likeness (QED) is 0.806. The lowest BCUT2D eigenvalue weighted by Gasteiger charge is -2.31. The van der Waals surface area contributed by atoms with E-state index in [1.807, 2.05) is 0 Å². The van der Waals surface area contributed by atoms with Gasteiger partial charge in [0.2, 0.25) is 15.9 Å². The monoisotopic (exact) mass is 401 g/mol. The molecule has 2 aromatic carbocycles. The number of rotatable bonds is 5. The van der Waals surface area contributed by atoms with Gasteiger partial charge in [0.25, 0.3) is 0 Å². The van der Waals surface area contributed by atoms with E-state index in [2.05, 4.69) is 42.3 Å². The van der Waals surface area contributed by atoms with Gasteiger partial charge < -0.3 is 5.32 Å². The molecule has 1 fully saturated rings. The number of primary sulfonamides is 1. The molecule has 0 radical (unpaired) electrons. The summed E-state index contributed by atoms with van der Waals surface area (Å²) in [6.45, 7) is 6.92. The summed E-state index contributed by atoms with van der Waals surface area (Å²) in [5, 5.41) is 7.97. The first-order chi connectivity index (χ1) is 13.2. The highest BCUT2D eigenvalue weighted by atomic mass is 32.2. The minimum Gasteiger partial charge on any atom is -0.326 e. The number of hydrogen-bond donors (Lipinski definition) is 2. The van der Waals surface area contributed by atoms with E-state index in [1.54, 1.807) is 12.1 Å². The van der Waals surface area contributed by atoms with Crippen molar-refractivity contribution in [2.24, 2.45) is 11.1 Å². The molecule has 1 heterocycles. The van der Waals surface area contributed by atoms with Crippen molar-refractivity contribution in [3.05, 3.63) is 59.2 Å². The second-order valence-corrected chi connectivity index (χ2v) is 9.10. The number of aryl methyl sites for hydroxylation is 2. The molecule has 6 nitrogen and oxygen atoms in total. The van der Waals surface area contributed by atoms with E-state index in [-0.39, 0.29) is 16.7 Å². The van der Waals surface area contributed by atoms with Gasteiger partial charge in [-0.25, -0.2) is 13.6 Å². The molecular weight excluding hydrogens is 374 g/mol. The average Bonchev–Trinajstić information content (AvgIpc) is 2.65. The molecule has 0 atom stereocenters. The van der Waals surface area contributed by atoms with Crippen LogP contribution in [0.2, 0.25) is 0 Å². The number of piperidine rings is 1. The predicted octanol–water partition coefficient (Wildman–Crippen LogP) is 2.80. The molecule has 0 aliphatic carbocycles. The summed E-state index contributed by atoms with van der Waals surface area (Å²) in [4.78, 5) is 15.0. The van der Waals surface area contributed by atoms with Crippen LogP contribution in [0.4, 0.5) is 5.69 Å². The highest BCUT2D eigenvalue weighted by Crippen LogP contribution is 2.22. The van der Waals surface area contributed by atoms with Crippen LogP contribution < -0.4 is 10.5 Å². The fourth-order valence-electron chi connectivity index (χ4n) is 3.54. The van der Waals surface area contributed by atoms with Gasteiger partial charge in [0.05, 0.1) is 4.90 Å². The van der Waals surface area contributed by atoms with Crippen LogP contribution in [0.5, 0.6) is 0 Å². The Bertz CT molecular complexity index is 947. The van der Waals surface area contributed by atoms with E-state index >= 15 is 0 Å². The Hall–Kier alpha value is -2.22. The lowest BCUT2D eigenvalue weighted by Crippen LogP contribution is -2.37. The minimum absolute atomic E-state index is 0.0188. The molecule has 0 bridgehead atoms. The van der Waals surface area contributed by atoms with E-state index in [0.29, 0.717) is 5.69 Å². The Morgan fingerprint density at radius 3 is 2.36 bits per heavy atom. The van der Waals surface area contributed by atoms with Crippen LogP contribution >= 0.6 is 0 Å². The molecule has 150 valence electrons. The molecule has 0 aromatic heterocycles. The van der Waals surface area contributed by atoms with E-state index in [1.165, 1.54) is 28.8 Å². The van der Waals surface area contributed by atoms with E-state index in [0.717, 1.165) is 32.5 Å². The van der Waals surface area contributed by atoms with Crippen LogP contribution in [-0.4, -0.2) is 32.3 Å². The van der Waals surface area contributed by atoms with Gasteiger partial charge in [-0.3, -0.25) is 9.69 Å². The number of benzene rings is 2. The number of anilines is 1. The molecule has 3 N–H and O–H groups in total. The van der Waals surface area contributed by atoms with Crippen molar-refractivity contribution in [2.75, 3.05) is 18.4 Å². The van der Waals surface area contributed by atoms with Crippen molar-refractivity contribution in [1.82, 2.24) is 4.90 Å². The molecule has 0 saturated carbocycles. The number of sulfonamides is 1. The van der Waals surface area contributed by atoms with E-state index in [4.69, 9.17) is 5.14 Å². The first kappa shape index (κ1) is 20.5. The zero-order valence-corrected chi connectivity index (χ0v) is 17.1. The minimum atomic E-state index is -3.72. The topological polar surface area (TPSA) is 92.5 Å². The summed E-state index contributed by atoms with van der Waals surface area (Å²) in [7, 11) is -3.72. The van der Waals surface area contributed by atoms with Gasteiger partial charge in [0.1, 0.15) is 0 Å². The summed E-state index contributed by atoms with van der Waals surface area (Å²) in [6, 6.07) is 12.5. The molecule has 3 rings (SSSR count). The number of nitrogens with one attached hydrogen (secondary N) is 1. The lowest BCUT2D eigenvalue weighted by molar-refractivity contribution is -0.121. The van der Waals surface area contributed by atoms with Crippen molar-refractivity contribution in [3.63, 3.8) is 0 Å². The highest BCUT2D eigenvalue weighted by molar-refractivity contribution is 7.89. The number of carbonyl (C=O) groups excluding carboxylic acids is 1. The van der Waals surface area contributed by atoms with Crippen molar-refractivity contribution in [1.29, 1.82) is 0 Å². The van der Waals surface area contributed by atoms with Gasteiger partial charge in [-0.15, -0.1) is 0 Å². The first-order valence-electron chi connectivity index (χ1n) is 9.44. The molecule has 0 spiro atoms. The van der Waals surface area contributed by atoms with Crippen molar-refractivity contribution < 1.29 is 13.2 Å². The fourth-order valence-corrected chi connectivity index (χ4v) is 4.05. The van der Waals surface area contributed by atoms with Crippen LogP contribution in [0.3, 0.4) is 0 Å². The SMILES string of the molecule is Cc1ccc(C)c(CN2CCC(C(=O)Nc3ccc(S(N)(=O)=O)cc3)CC2)c1. The van der Waals surface area contributed by atoms with Crippen molar-refractivity contribution >= 4 is 21.6 Å². The van der Waals surface area contributed by atoms with Gasteiger partial charge >= 0.3 is 0 Å². The van der Waals surface area contributed by atoms with Gasteiger partial charge in [0.15, 0.2) is 0 Å². The number of carbonyl (C=O) groups is 1. The largest absolute Gasteiger partial charge is 0.326 e. The zero-order chi connectivity index (χ0) is 20.3. The molecule has 0 unspecified atom stereocenters. The van der Waals surface area contributed by atoms with Gasteiger partial charge in [-0.05, 0) is 75.2 Å². The third-order valence-corrected chi connectivity index (χ3v) is 6.24. The Morgan fingerprint density at radius 1 is 1.11 bits per heavy atom. The summed E-state index contributed by atoms with van der Waals surface area (Å²) in [5.41, 5.74) is 4.49. The number of hydrogen-bond acceptors (Lipinski definition) is 4. The first-order valence-corrected chi connectivity index (χ1v) is 11.0. The third-order valence-electron chi connectivity index (χ3n) is 5.31. The molecule has 7 heteroatoms. The van der Waals surface area contributed by atoms with E-state index < -0.39 is 10.0 Å². The van der Waals surface area contributed by atoms with Gasteiger partial charge in [-0.1, -0.05) is 23.8 Å². The molecule has 1 amide bonds. The lowest BCUT2D eigenvalue weighted by atomic mass is 9.95. The Labute approximate surface area is 166 Å². The van der Waals surface area contributed by atoms with Crippen LogP contribution in [0.25, 0.3) is 0 Å². The van der Waals surface area contributed by atoms with E-state index in [9.17, 15) is 13.2 Å².